The number of esters is 7. The summed E-state index contributed by atoms with van der Waals surface area (Å²) < 4.78 is 74.1. The van der Waals surface area contributed by atoms with E-state index >= 15 is 0 Å². The first-order chi connectivity index (χ1) is 37.3. The summed E-state index contributed by atoms with van der Waals surface area (Å²) in [5, 5.41) is 9.84. The summed E-state index contributed by atoms with van der Waals surface area (Å²) in [5.41, 5.74) is 0.657. The number of methoxy groups -OCH3 is 2. The van der Waals surface area contributed by atoms with Crippen LogP contribution in [0, 0.1) is 0 Å². The molecular weight excluding hydrogens is 1050 g/mol. The van der Waals surface area contributed by atoms with Crippen LogP contribution in [-0.2, 0) is 107 Å². The second-order valence-corrected chi connectivity index (χ2v) is 17.8. The minimum absolute atomic E-state index is 0.0742. The van der Waals surface area contributed by atoms with Gasteiger partial charge in [-0.3, -0.25) is 38.4 Å². The van der Waals surface area contributed by atoms with Gasteiger partial charge in [0.05, 0.1) is 25.9 Å². The number of alkyl carbamates (subject to hydrolysis) is 1. The van der Waals surface area contributed by atoms with Gasteiger partial charge in [0, 0.05) is 41.5 Å². The maximum absolute atomic E-state index is 14.2. The molecule has 0 saturated carbocycles. The van der Waals surface area contributed by atoms with E-state index in [0.717, 1.165) is 48.7 Å². The van der Waals surface area contributed by atoms with Gasteiger partial charge in [0.15, 0.2) is 37.0 Å². The van der Waals surface area contributed by atoms with Gasteiger partial charge in [0.2, 0.25) is 17.7 Å². The molecule has 0 aliphatic carbocycles. The van der Waals surface area contributed by atoms with E-state index in [1.165, 1.54) is 40.0 Å². The largest absolute Gasteiger partial charge is 0.497 e. The van der Waals surface area contributed by atoms with Gasteiger partial charge in [-0.1, -0.05) is 30.3 Å². The third-order valence-corrected chi connectivity index (χ3v) is 11.5. The van der Waals surface area contributed by atoms with Crippen molar-refractivity contribution in [1.29, 1.82) is 0 Å². The highest BCUT2D eigenvalue weighted by molar-refractivity contribution is 5.93. The predicted octanol–water partition coefficient (Wildman–Crippen LogP) is 0.364. The number of hydrogen-bond donors (Lipinski definition) is 4. The maximum atomic E-state index is 14.2. The molecule has 4 N–H and O–H groups in total. The minimum atomic E-state index is -2.02. The molecule has 2 aromatic rings. The van der Waals surface area contributed by atoms with Gasteiger partial charge in [-0.2, -0.15) is 0 Å². The van der Waals surface area contributed by atoms with Gasteiger partial charge in [-0.25, -0.2) is 14.4 Å². The van der Waals surface area contributed by atoms with Crippen LogP contribution < -0.4 is 26.0 Å². The number of hydrogen-bond acceptors (Lipinski definition) is 24. The normalized spacial score (nSPS) is 23.9. The van der Waals surface area contributed by atoms with Crippen molar-refractivity contribution < 1.29 is 114 Å². The van der Waals surface area contributed by atoms with Crippen LogP contribution in [0.3, 0.4) is 0 Å². The molecular formula is C51H66N4O24. The Kier molecular flexibility index (Phi) is 24.4. The molecule has 2 aliphatic rings. The zero-order valence-corrected chi connectivity index (χ0v) is 45.2. The van der Waals surface area contributed by atoms with Crippen molar-refractivity contribution in [3.8, 4) is 5.75 Å². The Bertz CT molecular complexity index is 2480. The molecule has 79 heavy (non-hydrogen) atoms. The van der Waals surface area contributed by atoms with Crippen molar-refractivity contribution in [1.82, 2.24) is 21.3 Å². The zero-order valence-electron chi connectivity index (χ0n) is 45.2. The van der Waals surface area contributed by atoms with Gasteiger partial charge in [0.25, 0.3) is 0 Å². The van der Waals surface area contributed by atoms with Crippen molar-refractivity contribution in [3.63, 3.8) is 0 Å². The number of nitrogens with one attached hydrogen (secondary N) is 4. The van der Waals surface area contributed by atoms with Gasteiger partial charge in [-0.15, -0.1) is 0 Å². The van der Waals surface area contributed by atoms with Gasteiger partial charge >= 0.3 is 47.9 Å². The molecule has 434 valence electrons. The summed E-state index contributed by atoms with van der Waals surface area (Å²) >= 11 is 0. The lowest BCUT2D eigenvalue weighted by molar-refractivity contribution is -0.349. The Labute approximate surface area is 453 Å². The number of ether oxygens (including phenoxy) is 13. The van der Waals surface area contributed by atoms with Crippen LogP contribution in [-0.4, -0.2) is 179 Å². The van der Waals surface area contributed by atoms with E-state index in [1.807, 2.05) is 0 Å². The van der Waals surface area contributed by atoms with Crippen LogP contribution in [0.5, 0.6) is 5.75 Å². The number of amides is 4. The molecule has 4 amide bonds. The van der Waals surface area contributed by atoms with E-state index in [4.69, 9.17) is 61.6 Å². The smallest absolute Gasteiger partial charge is 0.408 e. The average molecular weight is 1120 g/mol. The molecule has 2 fully saturated rings. The number of carbonyl (C=O) groups is 11. The van der Waals surface area contributed by atoms with E-state index < -0.39 is 164 Å². The Hall–Kier alpha value is -7.95. The number of rotatable bonds is 24. The fraction of sp³-hybridized carbons (Fsp3) is 0.549. The van der Waals surface area contributed by atoms with Crippen molar-refractivity contribution in [3.05, 3.63) is 65.7 Å². The summed E-state index contributed by atoms with van der Waals surface area (Å²) in [6, 6.07) is 7.92. The fourth-order valence-electron chi connectivity index (χ4n) is 7.96. The molecule has 0 bridgehead atoms. The van der Waals surface area contributed by atoms with E-state index in [-0.39, 0.29) is 12.2 Å². The van der Waals surface area contributed by atoms with E-state index in [1.54, 1.807) is 42.5 Å². The molecule has 2 aliphatic heterocycles. The van der Waals surface area contributed by atoms with Crippen molar-refractivity contribution in [2.75, 3.05) is 27.4 Å². The molecule has 28 nitrogen and oxygen atoms in total. The second-order valence-electron chi connectivity index (χ2n) is 17.8. The summed E-state index contributed by atoms with van der Waals surface area (Å²) in [5.74, 6) is -8.89. The summed E-state index contributed by atoms with van der Waals surface area (Å²) in [7, 11) is 2.55. The monoisotopic (exact) mass is 1120 g/mol. The van der Waals surface area contributed by atoms with Crippen LogP contribution in [0.15, 0.2) is 54.6 Å². The first-order valence-corrected chi connectivity index (χ1v) is 24.5. The van der Waals surface area contributed by atoms with Crippen molar-refractivity contribution in [2.45, 2.75) is 154 Å². The highest BCUT2D eigenvalue weighted by atomic mass is 16.8. The molecule has 0 unspecified atom stereocenters. The third-order valence-electron chi connectivity index (χ3n) is 11.5. The average Bonchev–Trinajstić information content (AvgIpc) is 3.41. The summed E-state index contributed by atoms with van der Waals surface area (Å²) in [6.45, 7) is 8.20. The Morgan fingerprint density at radius 1 is 0.557 bits per heavy atom. The van der Waals surface area contributed by atoms with Crippen LogP contribution in [0.4, 0.5) is 4.79 Å². The first kappa shape index (κ1) is 63.6. The molecule has 0 radical (unpaired) electrons. The Morgan fingerprint density at radius 3 is 1.65 bits per heavy atom. The molecule has 14 atom stereocenters. The van der Waals surface area contributed by atoms with E-state index in [2.05, 4.69) is 21.3 Å². The molecule has 4 rings (SSSR count). The molecule has 2 saturated heterocycles. The predicted molar refractivity (Wildman–Crippen MR) is 263 cm³/mol. The fourth-order valence-corrected chi connectivity index (χ4v) is 7.96. The summed E-state index contributed by atoms with van der Waals surface area (Å²) in [6.07, 6.45) is -18.8. The number of benzene rings is 2. The van der Waals surface area contributed by atoms with Crippen LogP contribution >= 0.6 is 0 Å². The standard InChI is InChI=1S/C51H66N4O24/c1-24(53-51(66)71-21-33-17-19-35(67-10)20-18-33)45(62)55-38(46(63)52-25(2)47(64)68-11)26(3)72-49-39(54-27(4)56)42(40(73-29(6)58)37(77-49)23-70-48(65)34-15-13-12-14-16-34)79-50-44(76-32(9)61)43(75-31(8)60)41(74-30(7)59)36(78-50)22-69-28(5)57/h12-20,24-26,36-44,49-50H,21-23H2,1-11H3,(H,52,63)(H,53,66)(H,54,56)(H,55,62)/t24-,25-,26+,36+,37+,38-,39+,40-,41-,42+,43-,44+,49-,50-/m0/s1. The van der Waals surface area contributed by atoms with E-state index in [9.17, 15) is 52.7 Å². The molecule has 2 aromatic carbocycles. The zero-order chi connectivity index (χ0) is 58.7. The Morgan fingerprint density at radius 2 is 1.10 bits per heavy atom. The quantitative estimate of drug-likeness (QED) is 0.0814. The SMILES string of the molecule is COC(=O)[C@H](C)NC(=O)[C@@H](NC(=O)[C@H](C)NC(=O)OCc1ccc(OC)cc1)[C@@H](C)O[C@H]1O[C@H](COC(=O)c2ccccc2)[C@H](OC(C)=O)[C@H](O[C@@H]2O[C@H](COC(C)=O)[C@H](OC(C)=O)[C@H](OC(C)=O)[C@H]2OC(C)=O)[C@H]1NC(C)=O. The van der Waals surface area contributed by atoms with Crippen molar-refractivity contribution >= 4 is 65.6 Å². The molecule has 0 aromatic heterocycles. The number of carbonyl (C=O) groups excluding carboxylic acids is 11. The van der Waals surface area contributed by atoms with Crippen LogP contribution in [0.2, 0.25) is 0 Å². The van der Waals surface area contributed by atoms with E-state index in [0.29, 0.717) is 11.3 Å². The van der Waals surface area contributed by atoms with Crippen LogP contribution in [0.1, 0.15) is 78.2 Å². The topological polar surface area (TPSA) is 356 Å². The maximum Gasteiger partial charge on any atom is 0.408 e. The van der Waals surface area contributed by atoms with Gasteiger partial charge in [0.1, 0.15) is 68.0 Å². The molecule has 28 heteroatoms. The lowest BCUT2D eigenvalue weighted by Crippen LogP contribution is -2.70. The molecule has 2 heterocycles. The lowest BCUT2D eigenvalue weighted by Gasteiger charge is -2.49. The second kappa shape index (κ2) is 30.3. The highest BCUT2D eigenvalue weighted by Crippen LogP contribution is 2.35. The highest BCUT2D eigenvalue weighted by Gasteiger charge is 2.57. The van der Waals surface area contributed by atoms with Crippen LogP contribution in [0.25, 0.3) is 0 Å². The third kappa shape index (κ3) is 19.5. The Balaban J connectivity index is 1.83. The van der Waals surface area contributed by atoms with Gasteiger partial charge < -0.3 is 82.8 Å². The summed E-state index contributed by atoms with van der Waals surface area (Å²) in [4.78, 5) is 143. The molecule has 0 spiro atoms. The first-order valence-electron chi connectivity index (χ1n) is 24.5. The van der Waals surface area contributed by atoms with Crippen molar-refractivity contribution in [2.24, 2.45) is 0 Å². The van der Waals surface area contributed by atoms with Gasteiger partial charge in [-0.05, 0) is 50.6 Å². The minimum Gasteiger partial charge on any atom is -0.497 e. The lowest BCUT2D eigenvalue weighted by atomic mass is 9.94.